The van der Waals surface area contributed by atoms with Crippen LogP contribution in [0.15, 0.2) is 181 Å². The van der Waals surface area contributed by atoms with Crippen LogP contribution in [0, 0.1) is 0 Å². The van der Waals surface area contributed by atoms with Gasteiger partial charge in [-0.05, 0) is 118 Å². The lowest BCUT2D eigenvalue weighted by molar-refractivity contribution is 0.205. The van der Waals surface area contributed by atoms with Crippen LogP contribution >= 0.6 is 0 Å². The average molecular weight is 742 g/mol. The zero-order valence-corrected chi connectivity index (χ0v) is 31.2. The van der Waals surface area contributed by atoms with Gasteiger partial charge in [0.1, 0.15) is 11.0 Å². The lowest BCUT2D eigenvalue weighted by Gasteiger charge is -2.23. The third kappa shape index (κ3) is 5.27. The van der Waals surface area contributed by atoms with Crippen molar-refractivity contribution in [2.24, 2.45) is 0 Å². The predicted octanol–water partition coefficient (Wildman–Crippen LogP) is 13.5. The minimum atomic E-state index is -4.31. The quantitative estimate of drug-likeness (QED) is 0.118. The highest BCUT2D eigenvalue weighted by Crippen LogP contribution is 2.43. The fourth-order valence-corrected chi connectivity index (χ4v) is 10.4. The fraction of sp³-hybridized carbons (Fsp3) is 0.0588. The number of aryl methyl sites for hydroxylation is 1. The Bertz CT molecular complexity index is 3360. The third-order valence-corrected chi connectivity index (χ3v) is 13.0. The predicted molar refractivity (Wildman–Crippen MR) is 233 cm³/mol. The van der Waals surface area contributed by atoms with Crippen LogP contribution in [0.3, 0.4) is 0 Å². The molecule has 0 heterocycles. The van der Waals surface area contributed by atoms with Crippen LogP contribution in [0.2, 0.25) is 0 Å². The molecule has 1 unspecified atom stereocenters. The van der Waals surface area contributed by atoms with Gasteiger partial charge in [0.15, 0.2) is 0 Å². The van der Waals surface area contributed by atoms with Crippen LogP contribution in [0.5, 0.6) is 0 Å². The zero-order chi connectivity index (χ0) is 37.4. The SMILES string of the molecule is O=S(=O)(OC(CCc1ccc2ccc3cccc4ccc1c2c34)c1ccc2ccc3cccc4ccc1c2c34)c1cccc2cccc(Nc3ccccc3)c12. The first-order chi connectivity index (χ1) is 27.5. The summed E-state index contributed by atoms with van der Waals surface area (Å²) in [5, 5.41) is 19.0. The molecule has 5 heteroatoms. The van der Waals surface area contributed by atoms with E-state index in [9.17, 15) is 8.42 Å². The van der Waals surface area contributed by atoms with Gasteiger partial charge < -0.3 is 5.32 Å². The number of para-hydroxylation sites is 1. The van der Waals surface area contributed by atoms with Crippen LogP contribution in [-0.4, -0.2) is 8.42 Å². The van der Waals surface area contributed by atoms with E-state index in [1.165, 1.54) is 43.3 Å². The molecule has 0 radical (unpaired) electrons. The summed E-state index contributed by atoms with van der Waals surface area (Å²) in [6.07, 6.45) is 0.298. The number of fused-ring (bicyclic) bond motifs is 1. The van der Waals surface area contributed by atoms with Crippen molar-refractivity contribution < 1.29 is 12.6 Å². The summed E-state index contributed by atoms with van der Waals surface area (Å²) >= 11 is 0. The van der Waals surface area contributed by atoms with Crippen molar-refractivity contribution in [2.45, 2.75) is 23.8 Å². The second-order valence-electron chi connectivity index (χ2n) is 14.8. The highest BCUT2D eigenvalue weighted by Gasteiger charge is 2.28. The summed E-state index contributed by atoms with van der Waals surface area (Å²) in [5.41, 5.74) is 3.59. The molecule has 0 amide bonds. The highest BCUT2D eigenvalue weighted by atomic mass is 32.2. The Morgan fingerprint density at radius 1 is 0.446 bits per heavy atom. The molecule has 0 aliphatic carbocycles. The minimum absolute atomic E-state index is 0.138. The molecule has 0 spiro atoms. The van der Waals surface area contributed by atoms with Gasteiger partial charge in [-0.3, -0.25) is 4.18 Å². The molecule has 0 aromatic heterocycles. The van der Waals surface area contributed by atoms with Crippen molar-refractivity contribution >= 4 is 96.9 Å². The van der Waals surface area contributed by atoms with E-state index < -0.39 is 16.2 Å². The molecule has 1 atom stereocenters. The zero-order valence-electron chi connectivity index (χ0n) is 30.4. The standard InChI is InChI=1S/C51H35NO3S/c53-56(54,46-17-7-13-33-12-6-16-44(51(33)46)52-40-14-2-1-3-15-40)55-45(42-29-25-39-23-21-35-9-5-11-37-26-30-43(42)50(39)48(35)37)31-27-32-18-19-38-22-20-34-8-4-10-36-24-28-41(32)49(38)47(34)36/h1-26,28-30,45,52H,27,31H2. The van der Waals surface area contributed by atoms with Crippen LogP contribution in [0.1, 0.15) is 23.7 Å². The molecule has 11 aromatic rings. The van der Waals surface area contributed by atoms with E-state index in [0.717, 1.165) is 43.6 Å². The molecule has 56 heavy (non-hydrogen) atoms. The van der Waals surface area contributed by atoms with Gasteiger partial charge in [0.05, 0.1) is 0 Å². The summed E-state index contributed by atoms with van der Waals surface area (Å²) in [6, 6.07) is 59.8. The van der Waals surface area contributed by atoms with Crippen LogP contribution < -0.4 is 5.32 Å². The maximum atomic E-state index is 14.9. The highest BCUT2D eigenvalue weighted by molar-refractivity contribution is 7.87. The maximum Gasteiger partial charge on any atom is 0.298 e. The minimum Gasteiger partial charge on any atom is -0.355 e. The molecule has 0 saturated carbocycles. The summed E-state index contributed by atoms with van der Waals surface area (Å²) in [4.78, 5) is 0.138. The number of anilines is 2. The molecule has 0 saturated heterocycles. The van der Waals surface area contributed by atoms with Gasteiger partial charge in [0.2, 0.25) is 0 Å². The van der Waals surface area contributed by atoms with Gasteiger partial charge in [0, 0.05) is 16.8 Å². The second kappa shape index (κ2) is 12.8. The molecule has 0 aliphatic rings. The Labute approximate surface area is 324 Å². The molecule has 268 valence electrons. The van der Waals surface area contributed by atoms with Crippen LogP contribution in [0.25, 0.3) is 75.4 Å². The smallest absolute Gasteiger partial charge is 0.298 e. The number of nitrogens with one attached hydrogen (secondary N) is 1. The van der Waals surface area contributed by atoms with Crippen LogP contribution in [0.4, 0.5) is 11.4 Å². The molecular formula is C51H35NO3S. The largest absolute Gasteiger partial charge is 0.355 e. The van der Waals surface area contributed by atoms with Crippen molar-refractivity contribution in [2.75, 3.05) is 5.32 Å². The lowest BCUT2D eigenvalue weighted by atomic mass is 9.88. The van der Waals surface area contributed by atoms with Crippen molar-refractivity contribution in [3.63, 3.8) is 0 Å². The van der Waals surface area contributed by atoms with E-state index in [2.05, 4.69) is 115 Å². The average Bonchev–Trinajstić information content (AvgIpc) is 3.24. The summed E-state index contributed by atoms with van der Waals surface area (Å²) in [7, 11) is -4.31. The monoisotopic (exact) mass is 741 g/mol. The van der Waals surface area contributed by atoms with E-state index >= 15 is 0 Å². The maximum absolute atomic E-state index is 14.9. The Morgan fingerprint density at radius 2 is 0.946 bits per heavy atom. The number of hydrogen-bond donors (Lipinski definition) is 1. The Balaban J connectivity index is 1.06. The molecule has 4 nitrogen and oxygen atoms in total. The van der Waals surface area contributed by atoms with E-state index in [0.29, 0.717) is 23.9 Å². The summed E-state index contributed by atoms with van der Waals surface area (Å²) in [6.45, 7) is 0. The van der Waals surface area contributed by atoms with Gasteiger partial charge >= 0.3 is 0 Å². The molecule has 0 aliphatic heterocycles. The van der Waals surface area contributed by atoms with E-state index in [-0.39, 0.29) is 4.90 Å². The van der Waals surface area contributed by atoms with E-state index in [4.69, 9.17) is 4.18 Å². The van der Waals surface area contributed by atoms with Gasteiger partial charge in [-0.1, -0.05) is 152 Å². The van der Waals surface area contributed by atoms with E-state index in [1.54, 1.807) is 12.1 Å². The molecule has 11 aromatic carbocycles. The molecule has 0 fully saturated rings. The Morgan fingerprint density at radius 3 is 1.61 bits per heavy atom. The van der Waals surface area contributed by atoms with Crippen molar-refractivity contribution in [1.29, 1.82) is 0 Å². The first-order valence-electron chi connectivity index (χ1n) is 19.1. The van der Waals surface area contributed by atoms with Crippen molar-refractivity contribution in [3.05, 3.63) is 187 Å². The molecule has 0 bridgehead atoms. The first-order valence-corrected chi connectivity index (χ1v) is 20.5. The normalized spacial score (nSPS) is 12.9. The van der Waals surface area contributed by atoms with Gasteiger partial charge in [0.25, 0.3) is 10.1 Å². The van der Waals surface area contributed by atoms with Gasteiger partial charge in [-0.2, -0.15) is 8.42 Å². The number of hydrogen-bond acceptors (Lipinski definition) is 4. The molecular weight excluding hydrogens is 707 g/mol. The Kier molecular flexibility index (Phi) is 7.50. The topological polar surface area (TPSA) is 55.4 Å². The third-order valence-electron chi connectivity index (χ3n) is 11.6. The van der Waals surface area contributed by atoms with Gasteiger partial charge in [-0.15, -0.1) is 0 Å². The molecule has 11 rings (SSSR count). The van der Waals surface area contributed by atoms with Crippen molar-refractivity contribution in [1.82, 2.24) is 0 Å². The number of benzene rings is 11. The summed E-state index contributed by atoms with van der Waals surface area (Å²) in [5.74, 6) is 0. The van der Waals surface area contributed by atoms with Gasteiger partial charge in [-0.25, -0.2) is 0 Å². The second-order valence-corrected chi connectivity index (χ2v) is 16.4. The molecule has 1 N–H and O–H groups in total. The van der Waals surface area contributed by atoms with Crippen LogP contribution in [-0.2, 0) is 20.7 Å². The van der Waals surface area contributed by atoms with E-state index in [1.807, 2.05) is 54.6 Å². The van der Waals surface area contributed by atoms with Crippen molar-refractivity contribution in [3.8, 4) is 0 Å². The fourth-order valence-electron chi connectivity index (χ4n) is 9.10. The Hall–Kier alpha value is -6.53. The number of rotatable bonds is 9. The first kappa shape index (κ1) is 32.9. The lowest BCUT2D eigenvalue weighted by Crippen LogP contribution is -2.15. The summed E-state index contributed by atoms with van der Waals surface area (Å²) < 4.78 is 36.4.